The molecule has 1 N–H and O–H groups in total. The molecule has 0 saturated heterocycles. The highest BCUT2D eigenvalue weighted by Gasteiger charge is 2.10. The number of aromatic amines is 1. The van der Waals surface area contributed by atoms with E-state index in [4.69, 9.17) is 0 Å². The summed E-state index contributed by atoms with van der Waals surface area (Å²) in [6.45, 7) is 2.13. The minimum atomic E-state index is 0.0583. The lowest BCUT2D eigenvalue weighted by Gasteiger charge is -1.96. The van der Waals surface area contributed by atoms with Gasteiger partial charge < -0.3 is 4.98 Å². The molecule has 2 heteroatoms. The molecule has 1 aromatic carbocycles. The highest BCUT2D eigenvalue weighted by molar-refractivity contribution is 6.07. The molecule has 2 rings (SSSR count). The Bertz CT molecular complexity index is 470. The predicted molar refractivity (Wildman–Crippen MR) is 64.7 cm³/mol. The third-order valence-electron chi connectivity index (χ3n) is 2.56. The van der Waals surface area contributed by atoms with Gasteiger partial charge in [0.25, 0.3) is 0 Å². The maximum atomic E-state index is 12.0. The van der Waals surface area contributed by atoms with Crippen LogP contribution in [0.5, 0.6) is 0 Å². The summed E-state index contributed by atoms with van der Waals surface area (Å²) < 4.78 is 0. The van der Waals surface area contributed by atoms with E-state index in [9.17, 15) is 4.79 Å². The van der Waals surface area contributed by atoms with Gasteiger partial charge in [-0.15, -0.1) is 0 Å². The van der Waals surface area contributed by atoms with Crippen molar-refractivity contribution < 1.29 is 4.79 Å². The molecule has 0 unspecified atom stereocenters. The van der Waals surface area contributed by atoms with Crippen LogP contribution in [0.25, 0.3) is 0 Å². The van der Waals surface area contributed by atoms with Crippen molar-refractivity contribution in [1.29, 1.82) is 0 Å². The average molecular weight is 213 g/mol. The lowest BCUT2D eigenvalue weighted by molar-refractivity contribution is 0.103. The van der Waals surface area contributed by atoms with Crippen molar-refractivity contribution in [2.75, 3.05) is 0 Å². The largest absolute Gasteiger partial charge is 0.358 e. The SMILES string of the molecule is CCCc1c[nH]c(C(=O)c2ccccc2)c1. The molecule has 0 bridgehead atoms. The Morgan fingerprint density at radius 3 is 2.69 bits per heavy atom. The van der Waals surface area contributed by atoms with Gasteiger partial charge in [0.15, 0.2) is 0 Å². The zero-order valence-electron chi connectivity index (χ0n) is 9.36. The molecule has 0 aliphatic rings. The van der Waals surface area contributed by atoms with Crippen LogP contribution in [0.1, 0.15) is 35.0 Å². The summed E-state index contributed by atoms with van der Waals surface area (Å²) in [4.78, 5) is 15.1. The third-order valence-corrected chi connectivity index (χ3v) is 2.56. The number of hydrogen-bond donors (Lipinski definition) is 1. The lowest BCUT2D eigenvalue weighted by Crippen LogP contribution is -2.00. The molecule has 0 saturated carbocycles. The van der Waals surface area contributed by atoms with Crippen LogP contribution >= 0.6 is 0 Å². The van der Waals surface area contributed by atoms with E-state index in [1.165, 1.54) is 5.56 Å². The van der Waals surface area contributed by atoms with Crippen molar-refractivity contribution in [3.05, 3.63) is 59.4 Å². The summed E-state index contributed by atoms with van der Waals surface area (Å²) in [7, 11) is 0. The van der Waals surface area contributed by atoms with Crippen LogP contribution in [0.4, 0.5) is 0 Å². The maximum Gasteiger partial charge on any atom is 0.209 e. The first-order chi connectivity index (χ1) is 7.81. The van der Waals surface area contributed by atoms with Crippen LogP contribution in [-0.4, -0.2) is 10.8 Å². The van der Waals surface area contributed by atoms with Gasteiger partial charge >= 0.3 is 0 Å². The summed E-state index contributed by atoms with van der Waals surface area (Å²) in [5.74, 6) is 0.0583. The Morgan fingerprint density at radius 1 is 1.25 bits per heavy atom. The number of carbonyl (C=O) groups excluding carboxylic acids is 1. The first-order valence-electron chi connectivity index (χ1n) is 5.58. The van der Waals surface area contributed by atoms with E-state index in [1.807, 2.05) is 42.6 Å². The van der Waals surface area contributed by atoms with Crippen molar-refractivity contribution in [3.63, 3.8) is 0 Å². The molecule has 0 aliphatic carbocycles. The van der Waals surface area contributed by atoms with E-state index in [0.29, 0.717) is 5.69 Å². The zero-order chi connectivity index (χ0) is 11.4. The summed E-state index contributed by atoms with van der Waals surface area (Å²) in [6, 6.07) is 11.3. The summed E-state index contributed by atoms with van der Waals surface area (Å²) in [6.07, 6.45) is 4.02. The van der Waals surface area contributed by atoms with E-state index in [-0.39, 0.29) is 5.78 Å². The molecule has 1 heterocycles. The number of H-pyrrole nitrogens is 1. The third kappa shape index (κ3) is 2.22. The fraction of sp³-hybridized carbons (Fsp3) is 0.214. The van der Waals surface area contributed by atoms with Crippen LogP contribution in [-0.2, 0) is 6.42 Å². The lowest BCUT2D eigenvalue weighted by atomic mass is 10.1. The second-order valence-corrected chi connectivity index (χ2v) is 3.87. The number of rotatable bonds is 4. The molecule has 16 heavy (non-hydrogen) atoms. The predicted octanol–water partition coefficient (Wildman–Crippen LogP) is 3.20. The highest BCUT2D eigenvalue weighted by atomic mass is 16.1. The average Bonchev–Trinajstić information content (AvgIpc) is 2.78. The number of carbonyl (C=O) groups is 1. The molecule has 0 radical (unpaired) electrons. The number of aromatic nitrogens is 1. The van der Waals surface area contributed by atoms with Gasteiger partial charge in [-0.3, -0.25) is 4.79 Å². The van der Waals surface area contributed by atoms with E-state index in [1.54, 1.807) is 0 Å². The van der Waals surface area contributed by atoms with E-state index in [2.05, 4.69) is 11.9 Å². The zero-order valence-corrected chi connectivity index (χ0v) is 9.36. The minimum Gasteiger partial charge on any atom is -0.358 e. The number of ketones is 1. The Hall–Kier alpha value is -1.83. The van der Waals surface area contributed by atoms with E-state index < -0.39 is 0 Å². The highest BCUT2D eigenvalue weighted by Crippen LogP contribution is 2.11. The Labute approximate surface area is 95.3 Å². The molecular weight excluding hydrogens is 198 g/mol. The van der Waals surface area contributed by atoms with Crippen LogP contribution in [0.2, 0.25) is 0 Å². The topological polar surface area (TPSA) is 32.9 Å². The fourth-order valence-electron chi connectivity index (χ4n) is 1.75. The van der Waals surface area contributed by atoms with E-state index in [0.717, 1.165) is 18.4 Å². The maximum absolute atomic E-state index is 12.0. The molecule has 0 spiro atoms. The first-order valence-corrected chi connectivity index (χ1v) is 5.58. The molecule has 82 valence electrons. The molecule has 0 atom stereocenters. The Morgan fingerprint density at radius 2 is 2.00 bits per heavy atom. The molecule has 0 fully saturated rings. The molecular formula is C14H15NO. The van der Waals surface area contributed by atoms with Gasteiger partial charge in [-0.25, -0.2) is 0 Å². The number of nitrogens with one attached hydrogen (secondary N) is 1. The van der Waals surface area contributed by atoms with Gasteiger partial charge in [0.1, 0.15) is 0 Å². The normalized spacial score (nSPS) is 10.3. The second-order valence-electron chi connectivity index (χ2n) is 3.87. The molecule has 2 nitrogen and oxygen atoms in total. The number of benzene rings is 1. The first kappa shape index (κ1) is 10.7. The van der Waals surface area contributed by atoms with Crippen LogP contribution in [0.3, 0.4) is 0 Å². The van der Waals surface area contributed by atoms with Crippen molar-refractivity contribution in [2.45, 2.75) is 19.8 Å². The second kappa shape index (κ2) is 4.79. The van der Waals surface area contributed by atoms with Crippen molar-refractivity contribution in [2.24, 2.45) is 0 Å². The smallest absolute Gasteiger partial charge is 0.209 e. The molecule has 1 aromatic heterocycles. The van der Waals surface area contributed by atoms with Crippen LogP contribution in [0.15, 0.2) is 42.6 Å². The minimum absolute atomic E-state index is 0.0583. The van der Waals surface area contributed by atoms with Gasteiger partial charge in [0.05, 0.1) is 5.69 Å². The van der Waals surface area contributed by atoms with Gasteiger partial charge in [-0.05, 0) is 18.1 Å². The van der Waals surface area contributed by atoms with E-state index >= 15 is 0 Å². The Kier molecular flexibility index (Phi) is 3.20. The van der Waals surface area contributed by atoms with Gasteiger partial charge in [-0.2, -0.15) is 0 Å². The number of hydrogen-bond acceptors (Lipinski definition) is 1. The molecule has 0 aliphatic heterocycles. The van der Waals surface area contributed by atoms with Crippen molar-refractivity contribution in [3.8, 4) is 0 Å². The van der Waals surface area contributed by atoms with Gasteiger partial charge in [0.2, 0.25) is 5.78 Å². The summed E-state index contributed by atoms with van der Waals surface area (Å²) in [5, 5.41) is 0. The summed E-state index contributed by atoms with van der Waals surface area (Å²) >= 11 is 0. The van der Waals surface area contributed by atoms with Gasteiger partial charge in [0, 0.05) is 11.8 Å². The standard InChI is InChI=1S/C14H15NO/c1-2-6-11-9-13(15-10-11)14(16)12-7-4-3-5-8-12/h3-5,7-10,15H,2,6H2,1H3. The fourth-order valence-corrected chi connectivity index (χ4v) is 1.75. The monoisotopic (exact) mass is 213 g/mol. The molecule has 2 aromatic rings. The Balaban J connectivity index is 2.21. The van der Waals surface area contributed by atoms with Crippen LogP contribution < -0.4 is 0 Å². The van der Waals surface area contributed by atoms with Crippen molar-refractivity contribution >= 4 is 5.78 Å². The summed E-state index contributed by atoms with van der Waals surface area (Å²) in [5.41, 5.74) is 2.60. The quantitative estimate of drug-likeness (QED) is 0.777. The van der Waals surface area contributed by atoms with Crippen molar-refractivity contribution in [1.82, 2.24) is 4.98 Å². The molecule has 0 amide bonds. The van der Waals surface area contributed by atoms with Crippen LogP contribution in [0, 0.1) is 0 Å². The van der Waals surface area contributed by atoms with Gasteiger partial charge in [-0.1, -0.05) is 43.7 Å². The number of aryl methyl sites for hydroxylation is 1.